The van der Waals surface area contributed by atoms with E-state index in [-0.39, 0.29) is 24.0 Å². The normalized spacial score (nSPS) is 36.0. The zero-order valence-corrected chi connectivity index (χ0v) is 10.8. The van der Waals surface area contributed by atoms with Crippen molar-refractivity contribution < 1.29 is 19.4 Å². The lowest BCUT2D eigenvalue weighted by Gasteiger charge is -2.20. The van der Waals surface area contributed by atoms with Crippen LogP contribution in [0.15, 0.2) is 0 Å². The standard InChI is InChI=1S/C12H20N2O4/c1-7-5-14(6-9(7)12(16)17)11(15)10-3-8(18-2)4-13-10/h7-10,13H,3-6H2,1-2H3,(H,16,17). The summed E-state index contributed by atoms with van der Waals surface area (Å²) in [6, 6.07) is -0.227. The molecule has 6 nitrogen and oxygen atoms in total. The molecule has 0 aliphatic carbocycles. The molecule has 2 fully saturated rings. The maximum Gasteiger partial charge on any atom is 0.308 e. The molecule has 0 spiro atoms. The van der Waals surface area contributed by atoms with Gasteiger partial charge in [0.2, 0.25) is 5.91 Å². The maximum absolute atomic E-state index is 12.2. The molecule has 0 aromatic heterocycles. The van der Waals surface area contributed by atoms with Crippen LogP contribution in [0.25, 0.3) is 0 Å². The summed E-state index contributed by atoms with van der Waals surface area (Å²) < 4.78 is 5.21. The van der Waals surface area contributed by atoms with Gasteiger partial charge in [0.1, 0.15) is 0 Å². The first kappa shape index (κ1) is 13.3. The zero-order chi connectivity index (χ0) is 13.3. The largest absolute Gasteiger partial charge is 0.481 e. The Morgan fingerprint density at radius 2 is 2.11 bits per heavy atom. The van der Waals surface area contributed by atoms with Crippen molar-refractivity contribution in [2.45, 2.75) is 25.5 Å². The molecule has 2 saturated heterocycles. The first-order chi connectivity index (χ1) is 8.52. The van der Waals surface area contributed by atoms with Crippen molar-refractivity contribution in [3.8, 4) is 0 Å². The van der Waals surface area contributed by atoms with E-state index in [0.29, 0.717) is 26.1 Å². The van der Waals surface area contributed by atoms with E-state index < -0.39 is 11.9 Å². The molecule has 0 aromatic carbocycles. The van der Waals surface area contributed by atoms with E-state index in [9.17, 15) is 9.59 Å². The van der Waals surface area contributed by atoms with Crippen LogP contribution in [0, 0.1) is 11.8 Å². The van der Waals surface area contributed by atoms with Crippen LogP contribution in [0.3, 0.4) is 0 Å². The van der Waals surface area contributed by atoms with Crippen LogP contribution in [-0.2, 0) is 14.3 Å². The number of amides is 1. The monoisotopic (exact) mass is 256 g/mol. The number of hydrogen-bond acceptors (Lipinski definition) is 4. The van der Waals surface area contributed by atoms with Gasteiger partial charge < -0.3 is 20.1 Å². The number of ether oxygens (including phenoxy) is 1. The van der Waals surface area contributed by atoms with Gasteiger partial charge in [-0.15, -0.1) is 0 Å². The lowest BCUT2D eigenvalue weighted by molar-refractivity contribution is -0.142. The number of carbonyl (C=O) groups excluding carboxylic acids is 1. The molecule has 2 aliphatic rings. The van der Waals surface area contributed by atoms with Crippen LogP contribution < -0.4 is 5.32 Å². The highest BCUT2D eigenvalue weighted by atomic mass is 16.5. The van der Waals surface area contributed by atoms with Crippen LogP contribution in [0.2, 0.25) is 0 Å². The van der Waals surface area contributed by atoms with Crippen molar-refractivity contribution in [2.75, 3.05) is 26.7 Å². The van der Waals surface area contributed by atoms with E-state index in [2.05, 4.69) is 5.32 Å². The molecule has 0 bridgehead atoms. The number of methoxy groups -OCH3 is 1. The fourth-order valence-corrected chi connectivity index (χ4v) is 2.76. The van der Waals surface area contributed by atoms with Gasteiger partial charge in [-0.25, -0.2) is 0 Å². The number of likely N-dealkylation sites (tertiary alicyclic amines) is 1. The molecule has 4 unspecified atom stereocenters. The molecule has 1 amide bonds. The fourth-order valence-electron chi connectivity index (χ4n) is 2.76. The molecule has 2 rings (SSSR count). The predicted octanol–water partition coefficient (Wildman–Crippen LogP) is -0.458. The second-order valence-corrected chi connectivity index (χ2v) is 5.22. The Bertz CT molecular complexity index is 347. The average Bonchev–Trinajstić information content (AvgIpc) is 2.94. The summed E-state index contributed by atoms with van der Waals surface area (Å²) >= 11 is 0. The summed E-state index contributed by atoms with van der Waals surface area (Å²) in [4.78, 5) is 24.9. The van der Waals surface area contributed by atoms with Gasteiger partial charge in [-0.1, -0.05) is 6.92 Å². The molecular formula is C12H20N2O4. The lowest BCUT2D eigenvalue weighted by Crippen LogP contribution is -2.42. The van der Waals surface area contributed by atoms with Gasteiger partial charge >= 0.3 is 5.97 Å². The van der Waals surface area contributed by atoms with Crippen molar-refractivity contribution >= 4 is 11.9 Å². The van der Waals surface area contributed by atoms with E-state index >= 15 is 0 Å². The molecule has 2 N–H and O–H groups in total. The first-order valence-electron chi connectivity index (χ1n) is 6.30. The Kier molecular flexibility index (Phi) is 3.87. The summed E-state index contributed by atoms with van der Waals surface area (Å²) in [6.45, 7) is 3.42. The number of carbonyl (C=O) groups is 2. The smallest absolute Gasteiger partial charge is 0.308 e. The zero-order valence-electron chi connectivity index (χ0n) is 10.8. The summed E-state index contributed by atoms with van der Waals surface area (Å²) in [5, 5.41) is 12.2. The number of hydrogen-bond donors (Lipinski definition) is 2. The molecule has 2 heterocycles. The molecule has 102 valence electrons. The molecule has 0 aromatic rings. The van der Waals surface area contributed by atoms with Gasteiger partial charge in [0, 0.05) is 26.7 Å². The van der Waals surface area contributed by atoms with E-state index in [4.69, 9.17) is 9.84 Å². The number of rotatable bonds is 3. The molecule has 2 aliphatic heterocycles. The Morgan fingerprint density at radius 3 is 2.61 bits per heavy atom. The Balaban J connectivity index is 1.93. The minimum atomic E-state index is -0.813. The summed E-state index contributed by atoms with van der Waals surface area (Å²) in [7, 11) is 1.64. The van der Waals surface area contributed by atoms with E-state index in [0.717, 1.165) is 0 Å². The van der Waals surface area contributed by atoms with Crippen LogP contribution in [-0.4, -0.2) is 60.8 Å². The van der Waals surface area contributed by atoms with Crippen molar-refractivity contribution in [1.82, 2.24) is 10.2 Å². The maximum atomic E-state index is 12.2. The highest BCUT2D eigenvalue weighted by Gasteiger charge is 2.40. The third-order valence-electron chi connectivity index (χ3n) is 3.96. The van der Waals surface area contributed by atoms with Gasteiger partial charge in [0.05, 0.1) is 18.1 Å². The predicted molar refractivity (Wildman–Crippen MR) is 64.1 cm³/mol. The van der Waals surface area contributed by atoms with Crippen LogP contribution in [0.1, 0.15) is 13.3 Å². The number of nitrogens with zero attached hydrogens (tertiary/aromatic N) is 1. The Morgan fingerprint density at radius 1 is 1.39 bits per heavy atom. The molecule has 0 radical (unpaired) electrons. The van der Waals surface area contributed by atoms with Crippen molar-refractivity contribution in [3.05, 3.63) is 0 Å². The summed E-state index contributed by atoms with van der Waals surface area (Å²) in [6.07, 6.45) is 0.743. The molecule has 0 saturated carbocycles. The second kappa shape index (κ2) is 5.24. The van der Waals surface area contributed by atoms with Crippen molar-refractivity contribution in [2.24, 2.45) is 11.8 Å². The number of carboxylic acid groups (broad SMARTS) is 1. The molecule has 18 heavy (non-hydrogen) atoms. The van der Waals surface area contributed by atoms with Crippen molar-refractivity contribution in [1.29, 1.82) is 0 Å². The Labute approximate surface area is 106 Å². The first-order valence-corrected chi connectivity index (χ1v) is 6.30. The van der Waals surface area contributed by atoms with Gasteiger partial charge in [-0.3, -0.25) is 9.59 Å². The van der Waals surface area contributed by atoms with E-state index in [1.54, 1.807) is 12.0 Å². The third-order valence-corrected chi connectivity index (χ3v) is 3.96. The quantitative estimate of drug-likeness (QED) is 0.714. The van der Waals surface area contributed by atoms with Gasteiger partial charge in [-0.05, 0) is 12.3 Å². The molecule has 6 heteroatoms. The van der Waals surface area contributed by atoms with E-state index in [1.807, 2.05) is 6.92 Å². The molecule has 4 atom stereocenters. The Hall–Kier alpha value is -1.14. The summed E-state index contributed by atoms with van der Waals surface area (Å²) in [5.41, 5.74) is 0. The van der Waals surface area contributed by atoms with Crippen LogP contribution >= 0.6 is 0 Å². The van der Waals surface area contributed by atoms with Crippen LogP contribution in [0.4, 0.5) is 0 Å². The van der Waals surface area contributed by atoms with Gasteiger partial charge in [-0.2, -0.15) is 0 Å². The minimum Gasteiger partial charge on any atom is -0.481 e. The average molecular weight is 256 g/mol. The number of aliphatic carboxylic acids is 1. The highest BCUT2D eigenvalue weighted by Crippen LogP contribution is 2.25. The SMILES string of the molecule is COC1CNC(C(=O)N2CC(C)C(C(=O)O)C2)C1. The topological polar surface area (TPSA) is 78.9 Å². The minimum absolute atomic E-state index is 0.00477. The lowest BCUT2D eigenvalue weighted by atomic mass is 9.99. The van der Waals surface area contributed by atoms with Gasteiger partial charge in [0.25, 0.3) is 0 Å². The fraction of sp³-hybridized carbons (Fsp3) is 0.833. The highest BCUT2D eigenvalue weighted by molar-refractivity contribution is 5.83. The summed E-state index contributed by atoms with van der Waals surface area (Å²) in [5.74, 6) is -1.23. The van der Waals surface area contributed by atoms with Gasteiger partial charge in [0.15, 0.2) is 0 Å². The second-order valence-electron chi connectivity index (χ2n) is 5.22. The van der Waals surface area contributed by atoms with Crippen molar-refractivity contribution in [3.63, 3.8) is 0 Å². The molecular weight excluding hydrogens is 236 g/mol. The third kappa shape index (κ3) is 2.49. The van der Waals surface area contributed by atoms with Crippen LogP contribution in [0.5, 0.6) is 0 Å². The number of carboxylic acids is 1. The number of nitrogens with one attached hydrogen (secondary N) is 1. The van der Waals surface area contributed by atoms with E-state index in [1.165, 1.54) is 0 Å².